The Morgan fingerprint density at radius 2 is 2.00 bits per heavy atom. The number of carbonyl (C=O) groups excluding carboxylic acids is 1. The molecule has 0 atom stereocenters. The minimum atomic E-state index is -0.119. The molecule has 0 bridgehead atoms. The number of rotatable bonds is 3. The van der Waals surface area contributed by atoms with E-state index in [4.69, 9.17) is 11.6 Å². The Bertz CT molecular complexity index is 613. The number of aryl methyl sites for hydroxylation is 1. The molecule has 0 saturated heterocycles. The van der Waals surface area contributed by atoms with Crippen molar-refractivity contribution in [3.05, 3.63) is 68.7 Å². The second-order valence-corrected chi connectivity index (χ2v) is 5.52. The van der Waals surface area contributed by atoms with Crippen LogP contribution in [0.3, 0.4) is 0 Å². The van der Waals surface area contributed by atoms with Crippen LogP contribution in [0.5, 0.6) is 0 Å². The molecule has 0 unspecified atom stereocenters. The van der Waals surface area contributed by atoms with E-state index in [1.54, 1.807) is 18.2 Å². The fraction of sp³-hybridized carbons (Fsp3) is 0.133. The van der Waals surface area contributed by atoms with Gasteiger partial charge in [-0.25, -0.2) is 0 Å². The third-order valence-electron chi connectivity index (χ3n) is 2.88. The lowest BCUT2D eigenvalue weighted by Gasteiger charge is -2.09. The molecule has 2 nitrogen and oxygen atoms in total. The van der Waals surface area contributed by atoms with E-state index in [0.717, 1.165) is 11.1 Å². The van der Waals surface area contributed by atoms with Crippen LogP contribution >= 0.6 is 27.5 Å². The second-order valence-electron chi connectivity index (χ2n) is 4.23. The Labute approximate surface area is 125 Å². The molecule has 0 radical (unpaired) electrons. The average Bonchev–Trinajstić information content (AvgIpc) is 2.37. The number of benzene rings is 2. The molecule has 0 spiro atoms. The average molecular weight is 339 g/mol. The molecule has 2 rings (SSSR count). The van der Waals surface area contributed by atoms with Crippen LogP contribution in [0, 0.1) is 6.92 Å². The SMILES string of the molecule is Cc1ccccc1CNC(=O)c1ccc(Cl)cc1Br. The summed E-state index contributed by atoms with van der Waals surface area (Å²) in [5.41, 5.74) is 2.86. The van der Waals surface area contributed by atoms with Crippen LogP contribution < -0.4 is 5.32 Å². The topological polar surface area (TPSA) is 29.1 Å². The van der Waals surface area contributed by atoms with Crippen molar-refractivity contribution in [2.24, 2.45) is 0 Å². The first-order valence-electron chi connectivity index (χ1n) is 5.85. The Hall–Kier alpha value is -1.32. The number of hydrogen-bond acceptors (Lipinski definition) is 1. The molecule has 0 heterocycles. The summed E-state index contributed by atoms with van der Waals surface area (Å²) in [6, 6.07) is 13.1. The zero-order valence-corrected chi connectivity index (χ0v) is 12.8. The summed E-state index contributed by atoms with van der Waals surface area (Å²) in [4.78, 5) is 12.1. The molecule has 0 aromatic heterocycles. The monoisotopic (exact) mass is 337 g/mol. The molecule has 2 aromatic carbocycles. The summed E-state index contributed by atoms with van der Waals surface area (Å²) in [5, 5.41) is 3.50. The minimum Gasteiger partial charge on any atom is -0.348 e. The molecule has 1 amide bonds. The fourth-order valence-corrected chi connectivity index (χ4v) is 2.62. The molecule has 19 heavy (non-hydrogen) atoms. The minimum absolute atomic E-state index is 0.119. The van der Waals surface area contributed by atoms with Crippen molar-refractivity contribution in [1.29, 1.82) is 0 Å². The zero-order chi connectivity index (χ0) is 13.8. The molecule has 1 N–H and O–H groups in total. The largest absolute Gasteiger partial charge is 0.348 e. The summed E-state index contributed by atoms with van der Waals surface area (Å²) in [6.45, 7) is 2.54. The summed E-state index contributed by atoms with van der Waals surface area (Å²) in [7, 11) is 0. The van der Waals surface area contributed by atoms with Crippen molar-refractivity contribution in [1.82, 2.24) is 5.32 Å². The Balaban J connectivity index is 2.08. The van der Waals surface area contributed by atoms with E-state index in [2.05, 4.69) is 21.2 Å². The quantitative estimate of drug-likeness (QED) is 0.886. The van der Waals surface area contributed by atoms with Crippen LogP contribution in [0.25, 0.3) is 0 Å². The zero-order valence-electron chi connectivity index (χ0n) is 10.4. The van der Waals surface area contributed by atoms with Gasteiger partial charge in [-0.3, -0.25) is 4.79 Å². The standard InChI is InChI=1S/C15H13BrClNO/c1-10-4-2-3-5-11(10)9-18-15(19)13-7-6-12(17)8-14(13)16/h2-8H,9H2,1H3,(H,18,19). The Kier molecular flexibility index (Phi) is 4.61. The van der Waals surface area contributed by atoms with Crippen LogP contribution in [0.4, 0.5) is 0 Å². The van der Waals surface area contributed by atoms with Crippen LogP contribution in [0.1, 0.15) is 21.5 Å². The predicted molar refractivity (Wildman–Crippen MR) is 81.5 cm³/mol. The van der Waals surface area contributed by atoms with Gasteiger partial charge in [0.2, 0.25) is 0 Å². The van der Waals surface area contributed by atoms with Crippen molar-refractivity contribution in [3.8, 4) is 0 Å². The van der Waals surface area contributed by atoms with Crippen molar-refractivity contribution in [2.75, 3.05) is 0 Å². The molecule has 0 saturated carbocycles. The normalized spacial score (nSPS) is 10.3. The number of amides is 1. The molecule has 0 aliphatic rings. The van der Waals surface area contributed by atoms with E-state index >= 15 is 0 Å². The molecule has 0 aliphatic carbocycles. The Morgan fingerprint density at radius 3 is 2.68 bits per heavy atom. The number of halogens is 2. The van der Waals surface area contributed by atoms with Gasteiger partial charge in [-0.15, -0.1) is 0 Å². The first-order valence-corrected chi connectivity index (χ1v) is 7.03. The van der Waals surface area contributed by atoms with Gasteiger partial charge in [-0.05, 0) is 52.2 Å². The molecule has 98 valence electrons. The van der Waals surface area contributed by atoms with Gasteiger partial charge in [-0.2, -0.15) is 0 Å². The first-order chi connectivity index (χ1) is 9.08. The highest BCUT2D eigenvalue weighted by Gasteiger charge is 2.10. The first kappa shape index (κ1) is 14.1. The van der Waals surface area contributed by atoms with E-state index in [0.29, 0.717) is 21.6 Å². The van der Waals surface area contributed by atoms with E-state index in [-0.39, 0.29) is 5.91 Å². The smallest absolute Gasteiger partial charge is 0.252 e. The van der Waals surface area contributed by atoms with Gasteiger partial charge in [0.25, 0.3) is 5.91 Å². The maximum Gasteiger partial charge on any atom is 0.252 e. The molecule has 4 heteroatoms. The van der Waals surface area contributed by atoms with E-state index in [1.165, 1.54) is 0 Å². The van der Waals surface area contributed by atoms with Crippen molar-refractivity contribution >= 4 is 33.4 Å². The predicted octanol–water partition coefficient (Wildman–Crippen LogP) is 4.34. The maximum absolute atomic E-state index is 12.1. The van der Waals surface area contributed by atoms with Crippen LogP contribution in [-0.4, -0.2) is 5.91 Å². The van der Waals surface area contributed by atoms with Crippen molar-refractivity contribution in [3.63, 3.8) is 0 Å². The number of nitrogens with one attached hydrogen (secondary N) is 1. The maximum atomic E-state index is 12.1. The fourth-order valence-electron chi connectivity index (χ4n) is 1.75. The number of carbonyl (C=O) groups is 1. The van der Waals surface area contributed by atoms with Crippen LogP contribution in [0.2, 0.25) is 5.02 Å². The lowest BCUT2D eigenvalue weighted by molar-refractivity contribution is 0.0950. The third-order valence-corrected chi connectivity index (χ3v) is 3.77. The highest BCUT2D eigenvalue weighted by Crippen LogP contribution is 2.21. The molecule has 0 fully saturated rings. The van der Waals surface area contributed by atoms with Crippen LogP contribution in [-0.2, 0) is 6.54 Å². The molecule has 2 aromatic rings. The van der Waals surface area contributed by atoms with Gasteiger partial charge in [0, 0.05) is 16.0 Å². The lowest BCUT2D eigenvalue weighted by atomic mass is 10.1. The van der Waals surface area contributed by atoms with Gasteiger partial charge >= 0.3 is 0 Å². The lowest BCUT2D eigenvalue weighted by Crippen LogP contribution is -2.23. The van der Waals surface area contributed by atoms with Gasteiger partial charge in [0.1, 0.15) is 0 Å². The van der Waals surface area contributed by atoms with Gasteiger partial charge in [0.15, 0.2) is 0 Å². The summed E-state index contributed by atoms with van der Waals surface area (Å²) in [6.07, 6.45) is 0. The second kappa shape index (κ2) is 6.22. The van der Waals surface area contributed by atoms with Crippen LogP contribution in [0.15, 0.2) is 46.9 Å². The highest BCUT2D eigenvalue weighted by atomic mass is 79.9. The molecular weight excluding hydrogens is 326 g/mol. The summed E-state index contributed by atoms with van der Waals surface area (Å²) >= 11 is 9.20. The van der Waals surface area contributed by atoms with E-state index in [1.807, 2.05) is 31.2 Å². The summed E-state index contributed by atoms with van der Waals surface area (Å²) in [5.74, 6) is -0.119. The Morgan fingerprint density at radius 1 is 1.26 bits per heavy atom. The van der Waals surface area contributed by atoms with Crippen molar-refractivity contribution in [2.45, 2.75) is 13.5 Å². The van der Waals surface area contributed by atoms with Gasteiger partial charge < -0.3 is 5.32 Å². The molecular formula is C15H13BrClNO. The van der Waals surface area contributed by atoms with E-state index < -0.39 is 0 Å². The molecule has 0 aliphatic heterocycles. The van der Waals surface area contributed by atoms with Crippen molar-refractivity contribution < 1.29 is 4.79 Å². The highest BCUT2D eigenvalue weighted by molar-refractivity contribution is 9.10. The van der Waals surface area contributed by atoms with E-state index in [9.17, 15) is 4.79 Å². The third kappa shape index (κ3) is 3.58. The van der Waals surface area contributed by atoms with Gasteiger partial charge in [-0.1, -0.05) is 35.9 Å². The van der Waals surface area contributed by atoms with Gasteiger partial charge in [0.05, 0.1) is 5.56 Å². The summed E-state index contributed by atoms with van der Waals surface area (Å²) < 4.78 is 0.697. The number of hydrogen-bond donors (Lipinski definition) is 1.